The molecule has 0 aliphatic heterocycles. The summed E-state index contributed by atoms with van der Waals surface area (Å²) in [6.45, 7) is 5.42. The number of hydrogen-bond acceptors (Lipinski definition) is 1. The summed E-state index contributed by atoms with van der Waals surface area (Å²) in [6.07, 6.45) is 9.99. The van der Waals surface area contributed by atoms with Crippen LogP contribution >= 0.6 is 0 Å². The normalized spacial score (nSPS) is 37.5. The third-order valence-corrected chi connectivity index (χ3v) is 6.79. The van der Waals surface area contributed by atoms with Gasteiger partial charge in [0.1, 0.15) is 5.75 Å². The molecule has 1 aromatic carbocycles. The van der Waals surface area contributed by atoms with Gasteiger partial charge in [-0.1, -0.05) is 19.4 Å². The van der Waals surface area contributed by atoms with Gasteiger partial charge in [-0.2, -0.15) is 0 Å². The van der Waals surface area contributed by atoms with Gasteiger partial charge >= 0.3 is 0 Å². The zero-order valence-electron chi connectivity index (χ0n) is 13.5. The molecule has 0 spiro atoms. The molecule has 4 unspecified atom stereocenters. The number of rotatable bonds is 2. The number of benzene rings is 1. The summed E-state index contributed by atoms with van der Waals surface area (Å²) in [4.78, 5) is 0. The Morgan fingerprint density at radius 3 is 2.95 bits per heavy atom. The Morgan fingerprint density at radius 1 is 1.19 bits per heavy atom. The third-order valence-electron chi connectivity index (χ3n) is 6.79. The third kappa shape index (κ3) is 2.12. The lowest BCUT2D eigenvalue weighted by Crippen LogP contribution is -2.39. The Labute approximate surface area is 129 Å². The monoisotopic (exact) mass is 284 g/mol. The first-order chi connectivity index (χ1) is 10.2. The van der Waals surface area contributed by atoms with E-state index in [-0.39, 0.29) is 0 Å². The smallest absolute Gasteiger partial charge is 0.119 e. The number of fused-ring (bicyclic) bond motifs is 5. The van der Waals surface area contributed by atoms with Crippen LogP contribution in [0.4, 0.5) is 0 Å². The van der Waals surface area contributed by atoms with Gasteiger partial charge in [0.25, 0.3) is 0 Å². The second-order valence-corrected chi connectivity index (χ2v) is 7.79. The fourth-order valence-corrected chi connectivity index (χ4v) is 5.79. The highest BCUT2D eigenvalue weighted by atomic mass is 16.5. The van der Waals surface area contributed by atoms with Gasteiger partial charge in [0.05, 0.1) is 6.61 Å². The van der Waals surface area contributed by atoms with Crippen molar-refractivity contribution in [3.8, 4) is 5.75 Å². The zero-order valence-corrected chi connectivity index (χ0v) is 13.5. The number of hydrogen-bond donors (Lipinski definition) is 0. The summed E-state index contributed by atoms with van der Waals surface area (Å²) in [6, 6.07) is 6.87. The molecule has 0 aromatic heterocycles. The van der Waals surface area contributed by atoms with Gasteiger partial charge in [-0.05, 0) is 91.9 Å². The fraction of sp³-hybridized carbons (Fsp3) is 0.700. The summed E-state index contributed by atoms with van der Waals surface area (Å²) in [7, 11) is 0. The molecule has 2 saturated carbocycles. The van der Waals surface area contributed by atoms with Crippen molar-refractivity contribution in [3.05, 3.63) is 29.3 Å². The number of ether oxygens (including phenoxy) is 1. The minimum absolute atomic E-state index is 0.663. The lowest BCUT2D eigenvalue weighted by molar-refractivity contribution is 0.0597. The summed E-state index contributed by atoms with van der Waals surface area (Å²) in [5.74, 6) is 3.82. The molecule has 0 heterocycles. The molecular formula is C20H28O. The summed E-state index contributed by atoms with van der Waals surface area (Å²) >= 11 is 0. The largest absolute Gasteiger partial charge is 0.494 e. The van der Waals surface area contributed by atoms with Crippen LogP contribution in [-0.2, 0) is 6.42 Å². The first kappa shape index (κ1) is 13.7. The van der Waals surface area contributed by atoms with Crippen LogP contribution in [0.15, 0.2) is 18.2 Å². The SMILES string of the molecule is CCOc1ccc2c(c1)C1CCC3(C)CCCC3C1CC2. The van der Waals surface area contributed by atoms with Crippen molar-refractivity contribution in [2.75, 3.05) is 6.61 Å². The molecule has 4 atom stereocenters. The highest BCUT2D eigenvalue weighted by Gasteiger charge is 2.50. The minimum atomic E-state index is 0.663. The molecule has 21 heavy (non-hydrogen) atoms. The molecule has 4 rings (SSSR count). The maximum atomic E-state index is 5.76. The van der Waals surface area contributed by atoms with Gasteiger partial charge in [0, 0.05) is 0 Å². The van der Waals surface area contributed by atoms with E-state index in [1.165, 1.54) is 44.9 Å². The van der Waals surface area contributed by atoms with Gasteiger partial charge < -0.3 is 4.74 Å². The lowest BCUT2D eigenvalue weighted by Gasteiger charge is -2.49. The van der Waals surface area contributed by atoms with E-state index in [0.29, 0.717) is 5.41 Å². The fourth-order valence-electron chi connectivity index (χ4n) is 5.79. The predicted octanol–water partition coefficient (Wildman–Crippen LogP) is 5.33. The minimum Gasteiger partial charge on any atom is -0.494 e. The van der Waals surface area contributed by atoms with Crippen LogP contribution in [0.1, 0.15) is 69.4 Å². The van der Waals surface area contributed by atoms with E-state index in [1.807, 2.05) is 0 Å². The molecular weight excluding hydrogens is 256 g/mol. The highest BCUT2D eigenvalue weighted by molar-refractivity contribution is 5.40. The molecule has 3 aliphatic carbocycles. The van der Waals surface area contributed by atoms with E-state index in [9.17, 15) is 0 Å². The standard InChI is InChI=1S/C20H28O/c1-3-21-15-8-6-14-7-9-17-16(18(14)13-15)10-12-20(2)11-4-5-19(17)20/h6,8,13,16-17,19H,3-5,7,9-12H2,1-2H3. The van der Waals surface area contributed by atoms with Crippen molar-refractivity contribution in [1.29, 1.82) is 0 Å². The van der Waals surface area contributed by atoms with Crippen molar-refractivity contribution in [1.82, 2.24) is 0 Å². The molecule has 0 bridgehead atoms. The molecule has 0 saturated heterocycles. The van der Waals surface area contributed by atoms with E-state index in [4.69, 9.17) is 4.74 Å². The van der Waals surface area contributed by atoms with Crippen LogP contribution < -0.4 is 4.74 Å². The van der Waals surface area contributed by atoms with Crippen LogP contribution in [-0.4, -0.2) is 6.61 Å². The first-order valence-electron chi connectivity index (χ1n) is 8.97. The molecule has 3 aliphatic rings. The van der Waals surface area contributed by atoms with Crippen molar-refractivity contribution in [2.45, 2.75) is 64.7 Å². The zero-order chi connectivity index (χ0) is 14.4. The molecule has 0 N–H and O–H groups in total. The summed E-state index contributed by atoms with van der Waals surface area (Å²) < 4.78 is 5.76. The maximum absolute atomic E-state index is 5.76. The second-order valence-electron chi connectivity index (χ2n) is 7.79. The Morgan fingerprint density at radius 2 is 2.10 bits per heavy atom. The van der Waals surface area contributed by atoms with Gasteiger partial charge in [-0.3, -0.25) is 0 Å². The van der Waals surface area contributed by atoms with E-state index < -0.39 is 0 Å². The quantitative estimate of drug-likeness (QED) is 0.713. The van der Waals surface area contributed by atoms with E-state index in [2.05, 4.69) is 32.0 Å². The molecule has 114 valence electrons. The number of aryl methyl sites for hydroxylation is 1. The Bertz CT molecular complexity index is 535. The van der Waals surface area contributed by atoms with E-state index >= 15 is 0 Å². The summed E-state index contributed by atoms with van der Waals surface area (Å²) in [5, 5.41) is 0. The Kier molecular flexibility index (Phi) is 3.28. The van der Waals surface area contributed by atoms with Crippen LogP contribution in [0, 0.1) is 17.3 Å². The van der Waals surface area contributed by atoms with Crippen molar-refractivity contribution < 1.29 is 4.74 Å². The molecule has 2 fully saturated rings. The Balaban J connectivity index is 1.68. The topological polar surface area (TPSA) is 9.23 Å². The van der Waals surface area contributed by atoms with Crippen molar-refractivity contribution in [2.24, 2.45) is 17.3 Å². The van der Waals surface area contributed by atoms with Gasteiger partial charge in [0.15, 0.2) is 0 Å². The van der Waals surface area contributed by atoms with E-state index in [1.54, 1.807) is 11.1 Å². The van der Waals surface area contributed by atoms with Crippen molar-refractivity contribution >= 4 is 0 Å². The van der Waals surface area contributed by atoms with Gasteiger partial charge in [0.2, 0.25) is 0 Å². The van der Waals surface area contributed by atoms with Crippen LogP contribution in [0.25, 0.3) is 0 Å². The maximum Gasteiger partial charge on any atom is 0.119 e. The predicted molar refractivity (Wildman–Crippen MR) is 86.8 cm³/mol. The second kappa shape index (κ2) is 5.04. The molecule has 1 heteroatoms. The van der Waals surface area contributed by atoms with Crippen molar-refractivity contribution in [3.63, 3.8) is 0 Å². The average molecular weight is 284 g/mol. The summed E-state index contributed by atoms with van der Waals surface area (Å²) in [5.41, 5.74) is 3.89. The Hall–Kier alpha value is -0.980. The highest BCUT2D eigenvalue weighted by Crippen LogP contribution is 2.60. The molecule has 1 nitrogen and oxygen atoms in total. The van der Waals surface area contributed by atoms with E-state index in [0.717, 1.165) is 30.1 Å². The first-order valence-corrected chi connectivity index (χ1v) is 8.97. The van der Waals surface area contributed by atoms with Gasteiger partial charge in [-0.25, -0.2) is 0 Å². The van der Waals surface area contributed by atoms with Gasteiger partial charge in [-0.15, -0.1) is 0 Å². The molecule has 0 radical (unpaired) electrons. The van der Waals surface area contributed by atoms with Crippen LogP contribution in [0.3, 0.4) is 0 Å². The lowest BCUT2D eigenvalue weighted by atomic mass is 9.56. The van der Waals surface area contributed by atoms with Crippen LogP contribution in [0.2, 0.25) is 0 Å². The average Bonchev–Trinajstić information content (AvgIpc) is 2.89. The molecule has 1 aromatic rings. The molecule has 0 amide bonds. The van der Waals surface area contributed by atoms with Crippen LogP contribution in [0.5, 0.6) is 5.75 Å².